The van der Waals surface area contributed by atoms with Gasteiger partial charge in [-0.1, -0.05) is 83.9 Å². The first-order valence-corrected chi connectivity index (χ1v) is 16.0. The average Bonchev–Trinajstić information content (AvgIpc) is 3.53. The molecule has 0 radical (unpaired) electrons. The van der Waals surface area contributed by atoms with Gasteiger partial charge in [-0.3, -0.25) is 0 Å². The summed E-state index contributed by atoms with van der Waals surface area (Å²) in [7, 11) is 3.84. The SMILES string of the molecule is CC.CC.CC[C@@H]1C[C@H](OC)CC(c2ccc3c(c2)Cc2ccc(C4CC5(CCCC5)C4)cc2C3)O1.CO.CO. The molecule has 6 rings (SSSR count). The number of rotatable bonds is 4. The molecule has 0 amide bonds. The summed E-state index contributed by atoms with van der Waals surface area (Å²) in [5.74, 6) is 0.811. The summed E-state index contributed by atoms with van der Waals surface area (Å²) < 4.78 is 12.2. The lowest BCUT2D eigenvalue weighted by molar-refractivity contribution is -0.108. The molecular formula is C36H58O4. The van der Waals surface area contributed by atoms with Crippen molar-refractivity contribution >= 4 is 0 Å². The number of hydrogen-bond donors (Lipinski definition) is 2. The molecule has 2 saturated carbocycles. The largest absolute Gasteiger partial charge is 0.400 e. The lowest BCUT2D eigenvalue weighted by Gasteiger charge is -2.46. The monoisotopic (exact) mass is 554 g/mol. The predicted molar refractivity (Wildman–Crippen MR) is 168 cm³/mol. The fourth-order valence-electron chi connectivity index (χ4n) is 7.23. The van der Waals surface area contributed by atoms with Gasteiger partial charge in [0.2, 0.25) is 0 Å². The third-order valence-corrected chi connectivity index (χ3v) is 9.24. The Balaban J connectivity index is 0.000000646. The van der Waals surface area contributed by atoms with Crippen molar-refractivity contribution in [2.24, 2.45) is 5.41 Å². The zero-order chi connectivity index (χ0) is 29.7. The molecule has 1 aliphatic heterocycles. The third-order valence-electron chi connectivity index (χ3n) is 9.24. The minimum absolute atomic E-state index is 0.161. The number of hydrogen-bond acceptors (Lipinski definition) is 4. The Morgan fingerprint density at radius 3 is 1.82 bits per heavy atom. The Morgan fingerprint density at radius 1 is 0.775 bits per heavy atom. The van der Waals surface area contributed by atoms with Crippen LogP contribution in [0.15, 0.2) is 36.4 Å². The molecule has 2 aromatic rings. The smallest absolute Gasteiger partial charge is 0.0853 e. The molecule has 1 heterocycles. The summed E-state index contributed by atoms with van der Waals surface area (Å²) in [6.45, 7) is 10.2. The summed E-state index contributed by atoms with van der Waals surface area (Å²) in [5, 5.41) is 14.0. The van der Waals surface area contributed by atoms with E-state index in [0.717, 1.165) is 57.7 Å². The molecule has 4 aliphatic rings. The van der Waals surface area contributed by atoms with Crippen LogP contribution >= 0.6 is 0 Å². The molecule has 40 heavy (non-hydrogen) atoms. The van der Waals surface area contributed by atoms with E-state index in [2.05, 4.69) is 43.3 Å². The molecule has 2 N–H and O–H groups in total. The third kappa shape index (κ3) is 7.97. The Bertz CT molecular complexity index is 974. The predicted octanol–water partition coefficient (Wildman–Crippen LogP) is 8.53. The Morgan fingerprint density at radius 2 is 1.30 bits per heavy atom. The molecule has 4 nitrogen and oxygen atoms in total. The fourth-order valence-corrected chi connectivity index (χ4v) is 7.23. The van der Waals surface area contributed by atoms with Crippen LogP contribution in [0, 0.1) is 5.41 Å². The van der Waals surface area contributed by atoms with Crippen LogP contribution in [0.2, 0.25) is 0 Å². The van der Waals surface area contributed by atoms with Gasteiger partial charge in [-0.25, -0.2) is 0 Å². The first-order chi connectivity index (χ1) is 19.6. The molecule has 0 aromatic heterocycles. The molecular weight excluding hydrogens is 496 g/mol. The van der Waals surface area contributed by atoms with Crippen LogP contribution in [-0.4, -0.2) is 43.8 Å². The second-order valence-electron chi connectivity index (χ2n) is 11.2. The van der Waals surface area contributed by atoms with Crippen LogP contribution in [-0.2, 0) is 22.3 Å². The topological polar surface area (TPSA) is 58.9 Å². The zero-order valence-electron chi connectivity index (χ0n) is 26.8. The summed E-state index contributed by atoms with van der Waals surface area (Å²) in [5.41, 5.74) is 9.75. The van der Waals surface area contributed by atoms with Crippen LogP contribution < -0.4 is 0 Å². The van der Waals surface area contributed by atoms with Gasteiger partial charge in [-0.2, -0.15) is 0 Å². The van der Waals surface area contributed by atoms with Crippen molar-refractivity contribution in [1.82, 2.24) is 0 Å². The molecule has 2 aromatic carbocycles. The minimum Gasteiger partial charge on any atom is -0.400 e. The van der Waals surface area contributed by atoms with E-state index in [9.17, 15) is 0 Å². The summed E-state index contributed by atoms with van der Waals surface area (Å²) in [6.07, 6.45) is 14.7. The van der Waals surface area contributed by atoms with Crippen LogP contribution in [0.4, 0.5) is 0 Å². The first-order valence-electron chi connectivity index (χ1n) is 16.0. The maximum atomic E-state index is 7.00. The van der Waals surface area contributed by atoms with E-state index in [-0.39, 0.29) is 6.10 Å². The van der Waals surface area contributed by atoms with Gasteiger partial charge in [0.15, 0.2) is 0 Å². The Hall–Kier alpha value is -1.72. The Kier molecular flexibility index (Phi) is 14.9. The van der Waals surface area contributed by atoms with Crippen LogP contribution in [0.1, 0.15) is 138 Å². The van der Waals surface area contributed by atoms with Gasteiger partial charge in [0, 0.05) is 27.8 Å². The van der Waals surface area contributed by atoms with E-state index in [1.54, 1.807) is 11.1 Å². The van der Waals surface area contributed by atoms with E-state index in [4.69, 9.17) is 19.7 Å². The fraction of sp³-hybridized carbons (Fsp3) is 0.667. The van der Waals surface area contributed by atoms with Crippen molar-refractivity contribution in [1.29, 1.82) is 0 Å². The highest BCUT2D eigenvalue weighted by Crippen LogP contribution is 2.59. The van der Waals surface area contributed by atoms with Crippen molar-refractivity contribution in [2.75, 3.05) is 21.3 Å². The number of aliphatic hydroxyl groups is 2. The molecule has 3 atom stereocenters. The molecule has 0 bridgehead atoms. The van der Waals surface area contributed by atoms with Gasteiger partial charge in [0.25, 0.3) is 0 Å². The molecule has 3 fully saturated rings. The van der Waals surface area contributed by atoms with Gasteiger partial charge in [-0.15, -0.1) is 0 Å². The van der Waals surface area contributed by atoms with E-state index >= 15 is 0 Å². The van der Waals surface area contributed by atoms with Crippen molar-refractivity contribution < 1.29 is 19.7 Å². The molecule has 4 heteroatoms. The lowest BCUT2D eigenvalue weighted by Crippen LogP contribution is -2.33. The normalized spacial score (nSPS) is 23.7. The highest BCUT2D eigenvalue weighted by Gasteiger charge is 2.46. The number of fused-ring (bicyclic) bond motifs is 2. The number of methoxy groups -OCH3 is 1. The van der Waals surface area contributed by atoms with Crippen LogP contribution in [0.3, 0.4) is 0 Å². The summed E-state index contributed by atoms with van der Waals surface area (Å²) in [6, 6.07) is 14.6. The van der Waals surface area contributed by atoms with Gasteiger partial charge >= 0.3 is 0 Å². The highest BCUT2D eigenvalue weighted by molar-refractivity contribution is 5.48. The summed E-state index contributed by atoms with van der Waals surface area (Å²) >= 11 is 0. The maximum Gasteiger partial charge on any atom is 0.0853 e. The lowest BCUT2D eigenvalue weighted by atomic mass is 9.59. The van der Waals surface area contributed by atoms with Gasteiger partial charge in [-0.05, 0) is 96.1 Å². The van der Waals surface area contributed by atoms with Crippen LogP contribution in [0.5, 0.6) is 0 Å². The van der Waals surface area contributed by atoms with Crippen molar-refractivity contribution in [2.45, 2.75) is 129 Å². The van der Waals surface area contributed by atoms with Gasteiger partial charge < -0.3 is 19.7 Å². The van der Waals surface area contributed by atoms with E-state index in [0.29, 0.717) is 12.2 Å². The van der Waals surface area contributed by atoms with E-state index in [1.165, 1.54) is 60.8 Å². The van der Waals surface area contributed by atoms with E-state index < -0.39 is 0 Å². The van der Waals surface area contributed by atoms with Gasteiger partial charge in [0.1, 0.15) is 0 Å². The number of benzene rings is 2. The average molecular weight is 555 g/mol. The summed E-state index contributed by atoms with van der Waals surface area (Å²) in [4.78, 5) is 0. The van der Waals surface area contributed by atoms with Crippen molar-refractivity contribution in [3.8, 4) is 0 Å². The Labute approximate surface area is 245 Å². The minimum atomic E-state index is 0.161. The molecule has 1 spiro atoms. The van der Waals surface area contributed by atoms with Crippen LogP contribution in [0.25, 0.3) is 0 Å². The van der Waals surface area contributed by atoms with Crippen molar-refractivity contribution in [3.63, 3.8) is 0 Å². The number of ether oxygens (including phenoxy) is 2. The quantitative estimate of drug-likeness (QED) is 0.339. The maximum absolute atomic E-state index is 7.00. The second-order valence-corrected chi connectivity index (χ2v) is 11.2. The van der Waals surface area contributed by atoms with E-state index in [1.807, 2.05) is 34.8 Å². The highest BCUT2D eigenvalue weighted by atomic mass is 16.5. The first kappa shape index (κ1) is 34.5. The van der Waals surface area contributed by atoms with Gasteiger partial charge in [0.05, 0.1) is 18.3 Å². The molecule has 3 aliphatic carbocycles. The zero-order valence-corrected chi connectivity index (χ0v) is 26.8. The second kappa shape index (κ2) is 17.3. The standard InChI is InChI=1S/C30H38O2.2C2H6.2CH4O/c1-3-27-16-28(31-2)17-29(32-27)23-9-8-21-12-24-14-22(7-6-20(24)13-25(21)15-23)26-18-30(19-26)10-4-5-11-30;4*1-2/h6-9,14-15,26-29H,3-5,10-13,16-19H2,1-2H3;2*1-2H3;2*2H,1H3/t27-,28+,29?;;;;/m1..../s1. The van der Waals surface area contributed by atoms with Crippen molar-refractivity contribution in [3.05, 3.63) is 69.8 Å². The molecule has 226 valence electrons. The molecule has 1 unspecified atom stereocenters. The number of aliphatic hydroxyl groups excluding tert-OH is 2. The molecule has 1 saturated heterocycles.